The Bertz CT molecular complexity index is 1270. The van der Waals surface area contributed by atoms with Crippen LogP contribution >= 0.6 is 12.4 Å². The van der Waals surface area contributed by atoms with Gasteiger partial charge in [0.05, 0.1) is 27.8 Å². The molecular formula is C29H38ClN5O6. The number of carbonyl (C=O) groups is 2. The number of nitrogens with one attached hydrogen (secondary N) is 3. The van der Waals surface area contributed by atoms with Gasteiger partial charge in [-0.1, -0.05) is 42.5 Å². The minimum Gasteiger partial charge on any atom is -0.412 e. The summed E-state index contributed by atoms with van der Waals surface area (Å²) >= 11 is 0. The predicted molar refractivity (Wildman–Crippen MR) is 158 cm³/mol. The molecule has 0 spiro atoms. The number of non-ortho nitro benzene ring substituents is 1. The fourth-order valence-electron chi connectivity index (χ4n) is 5.40. The first-order valence-electron chi connectivity index (χ1n) is 13.1. The second-order valence-electron chi connectivity index (χ2n) is 10.1. The fraction of sp³-hybridized carbons (Fsp3) is 0.379. The number of allylic oxidation sites excluding steroid dienone is 2. The van der Waals surface area contributed by atoms with Gasteiger partial charge in [0.25, 0.3) is 5.69 Å². The zero-order valence-electron chi connectivity index (χ0n) is 23.2. The SMILES string of the molecule is CC1=C(NC=O)[C@H](c2ccc([N+](=O)[O-])cc2)C(NC(=O)CCCN2CCC(O)(c3ccccc3)CC2)=C(C)N1.Cl.O. The molecule has 2 aromatic carbocycles. The Morgan fingerprint density at radius 3 is 2.29 bits per heavy atom. The topological polar surface area (TPSA) is 168 Å². The van der Waals surface area contributed by atoms with Gasteiger partial charge in [-0.25, -0.2) is 0 Å². The summed E-state index contributed by atoms with van der Waals surface area (Å²) in [6, 6.07) is 15.9. The Hall–Kier alpha value is -3.77. The van der Waals surface area contributed by atoms with Crippen LogP contribution in [0.1, 0.15) is 56.6 Å². The molecule has 2 amide bonds. The van der Waals surface area contributed by atoms with E-state index in [0.717, 1.165) is 36.6 Å². The molecule has 2 aliphatic heterocycles. The highest BCUT2D eigenvalue weighted by Crippen LogP contribution is 2.36. The molecule has 1 saturated heterocycles. The van der Waals surface area contributed by atoms with Crippen LogP contribution in [-0.4, -0.2) is 52.4 Å². The van der Waals surface area contributed by atoms with Crippen molar-refractivity contribution in [3.8, 4) is 0 Å². The lowest BCUT2D eigenvalue weighted by Gasteiger charge is -2.38. The van der Waals surface area contributed by atoms with Crippen LogP contribution in [0, 0.1) is 10.1 Å². The third-order valence-electron chi connectivity index (χ3n) is 7.56. The molecular weight excluding hydrogens is 550 g/mol. The normalized spacial score (nSPS) is 18.4. The molecule has 41 heavy (non-hydrogen) atoms. The minimum atomic E-state index is -0.807. The summed E-state index contributed by atoms with van der Waals surface area (Å²) in [7, 11) is 0. The molecule has 4 rings (SSSR count). The maximum atomic E-state index is 13.0. The molecule has 2 aromatic rings. The Labute approximate surface area is 245 Å². The number of likely N-dealkylation sites (tertiary alicyclic amines) is 1. The van der Waals surface area contributed by atoms with E-state index in [1.165, 1.54) is 12.1 Å². The van der Waals surface area contributed by atoms with E-state index in [2.05, 4.69) is 20.9 Å². The number of hydrogen-bond acceptors (Lipinski definition) is 7. The second-order valence-corrected chi connectivity index (χ2v) is 10.1. The summed E-state index contributed by atoms with van der Waals surface area (Å²) in [5.41, 5.74) is 3.43. The lowest BCUT2D eigenvalue weighted by atomic mass is 9.84. The molecule has 1 fully saturated rings. The first kappa shape index (κ1) is 33.4. The summed E-state index contributed by atoms with van der Waals surface area (Å²) in [5, 5.41) is 31.2. The highest BCUT2D eigenvalue weighted by atomic mass is 35.5. The smallest absolute Gasteiger partial charge is 0.269 e. The summed E-state index contributed by atoms with van der Waals surface area (Å²) in [6.07, 6.45) is 2.84. The van der Waals surface area contributed by atoms with Gasteiger partial charge < -0.3 is 31.4 Å². The van der Waals surface area contributed by atoms with Gasteiger partial charge in [-0.15, -0.1) is 12.4 Å². The van der Waals surface area contributed by atoms with Gasteiger partial charge in [0.15, 0.2) is 0 Å². The molecule has 1 atom stereocenters. The number of piperidine rings is 1. The number of rotatable bonds is 10. The van der Waals surface area contributed by atoms with Crippen LogP contribution in [0.2, 0.25) is 0 Å². The minimum absolute atomic E-state index is 0. The Balaban J connectivity index is 0.00000294. The molecule has 2 aliphatic rings. The zero-order valence-corrected chi connectivity index (χ0v) is 24.0. The van der Waals surface area contributed by atoms with Crippen molar-refractivity contribution in [2.45, 2.75) is 51.0 Å². The number of benzene rings is 2. The van der Waals surface area contributed by atoms with Crippen LogP contribution in [0.4, 0.5) is 5.69 Å². The maximum absolute atomic E-state index is 13.0. The van der Waals surface area contributed by atoms with Crippen LogP contribution in [0.15, 0.2) is 77.4 Å². The van der Waals surface area contributed by atoms with Crippen LogP contribution in [0.5, 0.6) is 0 Å². The Morgan fingerprint density at radius 2 is 1.71 bits per heavy atom. The lowest BCUT2D eigenvalue weighted by Crippen LogP contribution is -2.43. The number of nitrogens with zero attached hydrogens (tertiary/aromatic N) is 2. The number of hydrogen-bond donors (Lipinski definition) is 4. The lowest BCUT2D eigenvalue weighted by molar-refractivity contribution is -0.384. The van der Waals surface area contributed by atoms with Crippen LogP contribution in [0.3, 0.4) is 0 Å². The molecule has 12 heteroatoms. The standard InChI is InChI=1S/C29H35N5O5.ClH.H2O/c1-20-27(30-19-35)26(22-10-12-24(13-11-22)34(38)39)28(21(2)31-20)32-25(36)9-6-16-33-17-14-29(37,15-18-33)23-7-4-3-5-8-23;;/h3-5,7-8,10-13,19,26,31,37H,6,9,14-18H2,1-2H3,(H,30,35)(H,32,36);1H;1H2/t26-;;/m0../s1. The molecule has 2 heterocycles. The molecule has 222 valence electrons. The quantitative estimate of drug-likeness (QED) is 0.188. The van der Waals surface area contributed by atoms with Crippen molar-refractivity contribution in [2.24, 2.45) is 0 Å². The van der Waals surface area contributed by atoms with E-state index in [1.54, 1.807) is 12.1 Å². The molecule has 0 radical (unpaired) electrons. The summed E-state index contributed by atoms with van der Waals surface area (Å²) in [4.78, 5) is 37.3. The van der Waals surface area contributed by atoms with Crippen molar-refractivity contribution in [2.75, 3.05) is 19.6 Å². The third-order valence-corrected chi connectivity index (χ3v) is 7.56. The molecule has 0 aromatic heterocycles. The zero-order chi connectivity index (χ0) is 28.0. The third kappa shape index (κ3) is 7.92. The molecule has 0 bridgehead atoms. The summed E-state index contributed by atoms with van der Waals surface area (Å²) in [5.74, 6) is -0.653. The van der Waals surface area contributed by atoms with Gasteiger partial charge in [0, 0.05) is 43.0 Å². The van der Waals surface area contributed by atoms with Crippen molar-refractivity contribution >= 4 is 30.4 Å². The first-order chi connectivity index (χ1) is 18.7. The van der Waals surface area contributed by atoms with E-state index in [-0.39, 0.29) is 29.5 Å². The fourth-order valence-corrected chi connectivity index (χ4v) is 5.40. The Kier molecular flexibility index (Phi) is 12.0. The van der Waals surface area contributed by atoms with E-state index in [0.29, 0.717) is 49.1 Å². The number of aliphatic hydroxyl groups is 1. The number of nitro benzene ring substituents is 1. The van der Waals surface area contributed by atoms with Gasteiger partial charge in [0.1, 0.15) is 0 Å². The van der Waals surface area contributed by atoms with Gasteiger partial charge in [-0.2, -0.15) is 0 Å². The molecule has 11 nitrogen and oxygen atoms in total. The summed E-state index contributed by atoms with van der Waals surface area (Å²) in [6.45, 7) is 5.93. The highest BCUT2D eigenvalue weighted by Gasteiger charge is 2.34. The van der Waals surface area contributed by atoms with E-state index < -0.39 is 16.4 Å². The molecule has 0 unspecified atom stereocenters. The van der Waals surface area contributed by atoms with Crippen molar-refractivity contribution in [1.29, 1.82) is 0 Å². The number of nitro groups is 1. The van der Waals surface area contributed by atoms with Crippen molar-refractivity contribution in [1.82, 2.24) is 20.9 Å². The summed E-state index contributed by atoms with van der Waals surface area (Å²) < 4.78 is 0. The molecule has 0 aliphatic carbocycles. The van der Waals surface area contributed by atoms with Crippen LogP contribution in [0.25, 0.3) is 0 Å². The number of dihydropyridines is 1. The first-order valence-corrected chi connectivity index (χ1v) is 13.1. The van der Waals surface area contributed by atoms with Gasteiger partial charge in [0.2, 0.25) is 12.3 Å². The van der Waals surface area contributed by atoms with E-state index in [9.17, 15) is 24.8 Å². The number of carbonyl (C=O) groups excluding carboxylic acids is 2. The molecule has 6 N–H and O–H groups in total. The van der Waals surface area contributed by atoms with Crippen LogP contribution in [-0.2, 0) is 15.2 Å². The number of halogens is 1. The van der Waals surface area contributed by atoms with Gasteiger partial charge in [-0.05, 0) is 50.8 Å². The highest BCUT2D eigenvalue weighted by molar-refractivity contribution is 5.85. The van der Waals surface area contributed by atoms with Gasteiger partial charge in [-0.3, -0.25) is 19.7 Å². The number of amides is 2. The average Bonchev–Trinajstić information content (AvgIpc) is 2.93. The monoisotopic (exact) mass is 587 g/mol. The van der Waals surface area contributed by atoms with E-state index in [4.69, 9.17) is 0 Å². The van der Waals surface area contributed by atoms with E-state index in [1.807, 2.05) is 44.2 Å². The second kappa shape index (κ2) is 14.7. The molecule has 0 saturated carbocycles. The average molecular weight is 588 g/mol. The van der Waals surface area contributed by atoms with Crippen molar-refractivity contribution in [3.05, 3.63) is 98.6 Å². The predicted octanol–water partition coefficient (Wildman–Crippen LogP) is 2.97. The Morgan fingerprint density at radius 1 is 1.10 bits per heavy atom. The van der Waals surface area contributed by atoms with Crippen molar-refractivity contribution in [3.63, 3.8) is 0 Å². The maximum Gasteiger partial charge on any atom is 0.269 e. The largest absolute Gasteiger partial charge is 0.412 e. The van der Waals surface area contributed by atoms with Crippen molar-refractivity contribution < 1.29 is 25.1 Å². The van der Waals surface area contributed by atoms with E-state index >= 15 is 0 Å². The van der Waals surface area contributed by atoms with Crippen LogP contribution < -0.4 is 16.0 Å². The van der Waals surface area contributed by atoms with Gasteiger partial charge >= 0.3 is 0 Å².